The second kappa shape index (κ2) is 9.49. The molecule has 0 fully saturated rings. The predicted molar refractivity (Wildman–Crippen MR) is 116 cm³/mol. The van der Waals surface area contributed by atoms with Crippen LogP contribution in [0.3, 0.4) is 0 Å². The van der Waals surface area contributed by atoms with Crippen molar-refractivity contribution in [3.8, 4) is 17.2 Å². The Bertz CT molecular complexity index is 1390. The molecule has 180 valence electrons. The zero-order chi connectivity index (χ0) is 25.4. The van der Waals surface area contributed by atoms with Crippen LogP contribution in [0.15, 0.2) is 46.6 Å². The van der Waals surface area contributed by atoms with E-state index in [1.165, 1.54) is 18.2 Å². The Hall–Kier alpha value is -3.73. The summed E-state index contributed by atoms with van der Waals surface area (Å²) in [7, 11) is 0. The number of carbonyl (C=O) groups is 2. The summed E-state index contributed by atoms with van der Waals surface area (Å²) < 4.78 is 82.9. The zero-order valence-electron chi connectivity index (χ0n) is 17.6. The fourth-order valence-electron chi connectivity index (χ4n) is 3.27. The van der Waals surface area contributed by atoms with E-state index >= 15 is 0 Å². The fraction of sp³-hybridized carbons (Fsp3) is 0.0833. The van der Waals surface area contributed by atoms with Crippen molar-refractivity contribution in [2.75, 3.05) is 6.61 Å². The molecule has 3 aromatic carbocycles. The molecule has 0 N–H and O–H groups in total. The van der Waals surface area contributed by atoms with Crippen LogP contribution in [0, 0.1) is 36.0 Å². The highest BCUT2D eigenvalue weighted by molar-refractivity contribution is 9.10. The van der Waals surface area contributed by atoms with Gasteiger partial charge in [0.1, 0.15) is 11.5 Å². The molecule has 0 saturated carbocycles. The molecule has 0 saturated heterocycles. The summed E-state index contributed by atoms with van der Waals surface area (Å²) in [4.78, 5) is 24.9. The standard InChI is InChI=1S/C24H12BrF5O5/c1-10-6-12(34-16(31)9-33-24-21(29)19(27)18(26)20(28)22(24)30)8-14-17(10)23(32)15(35-14)7-11-4-2-3-5-13(11)25/h2-8H,9H2,1H3/b15-7-. The summed E-state index contributed by atoms with van der Waals surface area (Å²) in [6.07, 6.45) is 1.54. The van der Waals surface area contributed by atoms with Crippen LogP contribution < -0.4 is 14.2 Å². The lowest BCUT2D eigenvalue weighted by Crippen LogP contribution is -2.19. The Morgan fingerprint density at radius 2 is 1.63 bits per heavy atom. The van der Waals surface area contributed by atoms with Gasteiger partial charge in [-0.15, -0.1) is 0 Å². The summed E-state index contributed by atoms with van der Waals surface area (Å²) in [6, 6.07) is 9.73. The number of fused-ring (bicyclic) bond motifs is 1. The van der Waals surface area contributed by atoms with Crippen molar-refractivity contribution in [1.29, 1.82) is 0 Å². The molecule has 4 rings (SSSR count). The van der Waals surface area contributed by atoms with Gasteiger partial charge in [-0.1, -0.05) is 34.1 Å². The van der Waals surface area contributed by atoms with Gasteiger partial charge in [-0.3, -0.25) is 4.79 Å². The molecule has 0 atom stereocenters. The van der Waals surface area contributed by atoms with Crippen molar-refractivity contribution in [2.24, 2.45) is 0 Å². The molecule has 35 heavy (non-hydrogen) atoms. The molecule has 11 heteroatoms. The first kappa shape index (κ1) is 24.4. The summed E-state index contributed by atoms with van der Waals surface area (Å²) in [5.74, 6) is -14.4. The van der Waals surface area contributed by atoms with Gasteiger partial charge in [0.15, 0.2) is 18.1 Å². The highest BCUT2D eigenvalue weighted by Gasteiger charge is 2.31. The van der Waals surface area contributed by atoms with Gasteiger partial charge in [0.05, 0.1) is 5.56 Å². The number of hydrogen-bond acceptors (Lipinski definition) is 5. The lowest BCUT2D eigenvalue weighted by Gasteiger charge is -2.11. The third-order valence-corrected chi connectivity index (χ3v) is 5.59. The maximum absolute atomic E-state index is 13.7. The first-order chi connectivity index (χ1) is 16.6. The van der Waals surface area contributed by atoms with Crippen molar-refractivity contribution in [1.82, 2.24) is 0 Å². The number of ketones is 1. The zero-order valence-corrected chi connectivity index (χ0v) is 19.1. The van der Waals surface area contributed by atoms with E-state index in [1.54, 1.807) is 31.2 Å². The minimum absolute atomic E-state index is 0.0353. The van der Waals surface area contributed by atoms with Crippen LogP contribution in [-0.4, -0.2) is 18.4 Å². The number of aryl methyl sites for hydroxylation is 1. The third-order valence-electron chi connectivity index (χ3n) is 4.87. The van der Waals surface area contributed by atoms with Crippen LogP contribution in [0.25, 0.3) is 6.08 Å². The van der Waals surface area contributed by atoms with Gasteiger partial charge >= 0.3 is 5.97 Å². The number of hydrogen-bond donors (Lipinski definition) is 0. The normalized spacial score (nSPS) is 13.6. The molecule has 1 heterocycles. The van der Waals surface area contributed by atoms with Crippen LogP contribution >= 0.6 is 15.9 Å². The summed E-state index contributed by atoms with van der Waals surface area (Å²) in [5.41, 5.74) is 1.35. The average molecular weight is 555 g/mol. The highest BCUT2D eigenvalue weighted by atomic mass is 79.9. The Balaban J connectivity index is 1.51. The van der Waals surface area contributed by atoms with Crippen molar-refractivity contribution in [3.63, 3.8) is 0 Å². The summed E-state index contributed by atoms with van der Waals surface area (Å²) in [5, 5.41) is 0. The van der Waals surface area contributed by atoms with Gasteiger partial charge in [0.2, 0.25) is 34.9 Å². The topological polar surface area (TPSA) is 61.8 Å². The number of rotatable bonds is 5. The van der Waals surface area contributed by atoms with Crippen LogP contribution in [0.4, 0.5) is 22.0 Å². The van der Waals surface area contributed by atoms with E-state index in [1.807, 2.05) is 0 Å². The number of carbonyl (C=O) groups excluding carboxylic acids is 2. The highest BCUT2D eigenvalue weighted by Crippen LogP contribution is 2.38. The largest absolute Gasteiger partial charge is 0.476 e. The second-order valence-electron chi connectivity index (χ2n) is 7.24. The SMILES string of the molecule is Cc1cc(OC(=O)COc2c(F)c(F)c(F)c(F)c2F)cc2c1C(=O)/C(=C/c1ccccc1Br)O2. The third kappa shape index (κ3) is 4.63. The number of halogens is 6. The van der Waals surface area contributed by atoms with E-state index in [2.05, 4.69) is 20.7 Å². The Kier molecular flexibility index (Phi) is 6.62. The summed E-state index contributed by atoms with van der Waals surface area (Å²) >= 11 is 3.38. The number of allylic oxidation sites excluding steroid dienone is 1. The van der Waals surface area contributed by atoms with Crippen molar-refractivity contribution in [2.45, 2.75) is 6.92 Å². The average Bonchev–Trinajstić information content (AvgIpc) is 3.13. The predicted octanol–water partition coefficient (Wildman–Crippen LogP) is 6.05. The molecule has 0 aromatic heterocycles. The van der Waals surface area contributed by atoms with Gasteiger partial charge in [-0.25, -0.2) is 18.0 Å². The van der Waals surface area contributed by atoms with Crippen LogP contribution in [0.2, 0.25) is 0 Å². The molecule has 3 aromatic rings. The van der Waals surface area contributed by atoms with Gasteiger partial charge in [-0.05, 0) is 36.3 Å². The van der Waals surface area contributed by atoms with E-state index in [9.17, 15) is 31.5 Å². The van der Waals surface area contributed by atoms with Crippen LogP contribution in [-0.2, 0) is 4.79 Å². The Labute approximate surface area is 202 Å². The van der Waals surface area contributed by atoms with Gasteiger partial charge in [0.25, 0.3) is 0 Å². The Morgan fingerprint density at radius 1 is 1.00 bits per heavy atom. The molecule has 0 unspecified atom stereocenters. The van der Waals surface area contributed by atoms with Gasteiger partial charge in [0, 0.05) is 10.5 Å². The quantitative estimate of drug-likeness (QED) is 0.0958. The first-order valence-corrected chi connectivity index (χ1v) is 10.6. The maximum atomic E-state index is 13.7. The van der Waals surface area contributed by atoms with Crippen molar-refractivity contribution in [3.05, 3.63) is 92.4 Å². The minimum atomic E-state index is -2.36. The monoisotopic (exact) mass is 554 g/mol. The molecule has 0 amide bonds. The number of esters is 1. The van der Waals surface area contributed by atoms with Crippen molar-refractivity contribution >= 4 is 33.8 Å². The van der Waals surface area contributed by atoms with E-state index in [0.29, 0.717) is 11.1 Å². The lowest BCUT2D eigenvalue weighted by atomic mass is 10.0. The van der Waals surface area contributed by atoms with Crippen molar-refractivity contribution < 1.29 is 45.8 Å². The van der Waals surface area contributed by atoms with E-state index in [0.717, 1.165) is 4.47 Å². The molecule has 1 aliphatic rings. The maximum Gasteiger partial charge on any atom is 0.349 e. The van der Waals surface area contributed by atoms with E-state index in [4.69, 9.17) is 9.47 Å². The van der Waals surface area contributed by atoms with Gasteiger partial charge < -0.3 is 14.2 Å². The molecule has 5 nitrogen and oxygen atoms in total. The smallest absolute Gasteiger partial charge is 0.349 e. The summed E-state index contributed by atoms with van der Waals surface area (Å²) in [6.45, 7) is 0.408. The van der Waals surface area contributed by atoms with Crippen LogP contribution in [0.5, 0.6) is 17.2 Å². The molecular formula is C24H12BrF5O5. The van der Waals surface area contributed by atoms with Gasteiger partial charge in [-0.2, -0.15) is 8.78 Å². The number of ether oxygens (including phenoxy) is 3. The molecule has 0 radical (unpaired) electrons. The second-order valence-corrected chi connectivity index (χ2v) is 8.09. The first-order valence-electron chi connectivity index (χ1n) is 9.76. The number of benzene rings is 3. The number of Topliss-reactive ketones (excluding diaryl/α,β-unsaturated/α-hetero) is 1. The fourth-order valence-corrected chi connectivity index (χ4v) is 3.67. The lowest BCUT2D eigenvalue weighted by molar-refractivity contribution is -0.136. The molecule has 0 aliphatic carbocycles. The van der Waals surface area contributed by atoms with E-state index in [-0.39, 0.29) is 28.6 Å². The molecular weight excluding hydrogens is 543 g/mol. The molecule has 0 spiro atoms. The Morgan fingerprint density at radius 3 is 2.29 bits per heavy atom. The molecule has 0 bridgehead atoms. The van der Waals surface area contributed by atoms with Crippen LogP contribution in [0.1, 0.15) is 21.5 Å². The molecule has 1 aliphatic heterocycles. The van der Waals surface area contributed by atoms with E-state index < -0.39 is 47.4 Å². The minimum Gasteiger partial charge on any atom is -0.476 e.